The van der Waals surface area contributed by atoms with Crippen molar-refractivity contribution in [3.05, 3.63) is 22.2 Å². The van der Waals surface area contributed by atoms with E-state index in [4.69, 9.17) is 15.2 Å². The van der Waals surface area contributed by atoms with Crippen LogP contribution in [0, 0.1) is 0 Å². The number of nitrogens with zero attached hydrogens (tertiary/aromatic N) is 1. The summed E-state index contributed by atoms with van der Waals surface area (Å²) in [6.45, 7) is 4.04. The van der Waals surface area contributed by atoms with E-state index < -0.39 is 0 Å². The lowest BCUT2D eigenvalue weighted by molar-refractivity contribution is 0.170. The second kappa shape index (κ2) is 5.69. The molecule has 3 rings (SSSR count). The third-order valence-electron chi connectivity index (χ3n) is 3.86. The molecule has 19 heavy (non-hydrogen) atoms. The van der Waals surface area contributed by atoms with Gasteiger partial charge in [-0.1, -0.05) is 15.9 Å². The van der Waals surface area contributed by atoms with E-state index in [2.05, 4.69) is 26.9 Å². The molecule has 2 heterocycles. The average Bonchev–Trinajstić information content (AvgIpc) is 2.87. The van der Waals surface area contributed by atoms with Gasteiger partial charge in [-0.3, -0.25) is 4.90 Å². The number of hydrogen-bond donors (Lipinski definition) is 1. The van der Waals surface area contributed by atoms with Gasteiger partial charge >= 0.3 is 0 Å². The van der Waals surface area contributed by atoms with Crippen LogP contribution in [0.4, 0.5) is 0 Å². The van der Waals surface area contributed by atoms with Crippen molar-refractivity contribution < 1.29 is 9.47 Å². The minimum atomic E-state index is 0.514. The number of likely N-dealkylation sites (tertiary alicyclic amines) is 1. The second-order valence-electron chi connectivity index (χ2n) is 5.09. The van der Waals surface area contributed by atoms with E-state index in [-0.39, 0.29) is 0 Å². The van der Waals surface area contributed by atoms with Crippen molar-refractivity contribution in [2.24, 2.45) is 5.73 Å². The summed E-state index contributed by atoms with van der Waals surface area (Å²) in [4.78, 5) is 2.45. The molecule has 0 aliphatic carbocycles. The highest BCUT2D eigenvalue weighted by molar-refractivity contribution is 9.10. The van der Waals surface area contributed by atoms with Crippen molar-refractivity contribution in [2.45, 2.75) is 25.4 Å². The van der Waals surface area contributed by atoms with Crippen molar-refractivity contribution in [1.82, 2.24) is 4.90 Å². The second-order valence-corrected chi connectivity index (χ2v) is 5.94. The van der Waals surface area contributed by atoms with Crippen LogP contribution in [0.15, 0.2) is 16.6 Å². The molecule has 5 heteroatoms. The van der Waals surface area contributed by atoms with Gasteiger partial charge in [-0.2, -0.15) is 0 Å². The molecule has 0 aromatic heterocycles. The van der Waals surface area contributed by atoms with Gasteiger partial charge in [-0.25, -0.2) is 0 Å². The van der Waals surface area contributed by atoms with Gasteiger partial charge < -0.3 is 15.2 Å². The Kier molecular flexibility index (Phi) is 3.96. The fourth-order valence-electron chi connectivity index (χ4n) is 2.82. The standard InChI is InChI=1S/C14H19BrN2O2/c15-12-7-14-13(18-4-5-19-14)6-10(12)9-17-3-1-2-11(17)8-16/h6-7,11H,1-5,8-9,16H2. The van der Waals surface area contributed by atoms with Crippen LogP contribution < -0.4 is 15.2 Å². The molecular weight excluding hydrogens is 308 g/mol. The molecule has 104 valence electrons. The van der Waals surface area contributed by atoms with Gasteiger partial charge in [-0.15, -0.1) is 0 Å². The van der Waals surface area contributed by atoms with Crippen LogP contribution in [-0.4, -0.2) is 37.2 Å². The predicted molar refractivity (Wildman–Crippen MR) is 77.6 cm³/mol. The summed E-state index contributed by atoms with van der Waals surface area (Å²) < 4.78 is 12.3. The normalized spacial score (nSPS) is 22.7. The highest BCUT2D eigenvalue weighted by Crippen LogP contribution is 2.36. The monoisotopic (exact) mass is 326 g/mol. The number of ether oxygens (including phenoxy) is 2. The molecule has 0 radical (unpaired) electrons. The summed E-state index contributed by atoms with van der Waals surface area (Å²) in [6.07, 6.45) is 2.45. The van der Waals surface area contributed by atoms with Crippen LogP contribution in [0.5, 0.6) is 11.5 Å². The van der Waals surface area contributed by atoms with Crippen LogP contribution >= 0.6 is 15.9 Å². The highest BCUT2D eigenvalue weighted by atomic mass is 79.9. The zero-order valence-electron chi connectivity index (χ0n) is 10.9. The minimum Gasteiger partial charge on any atom is -0.486 e. The van der Waals surface area contributed by atoms with Crippen LogP contribution in [0.1, 0.15) is 18.4 Å². The van der Waals surface area contributed by atoms with Crippen LogP contribution in [0.3, 0.4) is 0 Å². The van der Waals surface area contributed by atoms with E-state index in [0.29, 0.717) is 19.3 Å². The Hall–Kier alpha value is -0.780. The average molecular weight is 327 g/mol. The zero-order valence-corrected chi connectivity index (χ0v) is 12.5. The molecule has 1 unspecified atom stereocenters. The van der Waals surface area contributed by atoms with Crippen LogP contribution in [-0.2, 0) is 6.54 Å². The number of fused-ring (bicyclic) bond motifs is 1. The molecule has 1 fully saturated rings. The first-order valence-corrected chi connectivity index (χ1v) is 7.59. The van der Waals surface area contributed by atoms with Crippen LogP contribution in [0.2, 0.25) is 0 Å². The fraction of sp³-hybridized carbons (Fsp3) is 0.571. The third-order valence-corrected chi connectivity index (χ3v) is 4.59. The Morgan fingerprint density at radius 3 is 2.74 bits per heavy atom. The number of rotatable bonds is 3. The topological polar surface area (TPSA) is 47.7 Å². The van der Waals surface area contributed by atoms with E-state index >= 15 is 0 Å². The van der Waals surface area contributed by atoms with Gasteiger partial charge in [-0.05, 0) is 37.1 Å². The Bertz CT molecular complexity index is 467. The summed E-state index contributed by atoms with van der Waals surface area (Å²) in [6, 6.07) is 4.61. The molecule has 1 atom stereocenters. The quantitative estimate of drug-likeness (QED) is 0.924. The molecule has 1 aromatic carbocycles. The first kappa shape index (κ1) is 13.2. The predicted octanol–water partition coefficient (Wildman–Crippen LogP) is 2.14. The van der Waals surface area contributed by atoms with E-state index in [1.807, 2.05) is 6.07 Å². The van der Waals surface area contributed by atoms with E-state index in [1.165, 1.54) is 18.4 Å². The molecule has 2 aliphatic heterocycles. The molecule has 0 bridgehead atoms. The smallest absolute Gasteiger partial charge is 0.162 e. The number of halogens is 1. The Labute approximate surface area is 122 Å². The van der Waals surface area contributed by atoms with Gasteiger partial charge in [0.2, 0.25) is 0 Å². The van der Waals surface area contributed by atoms with Crippen molar-refractivity contribution in [1.29, 1.82) is 0 Å². The van der Waals surface area contributed by atoms with Crippen molar-refractivity contribution in [3.63, 3.8) is 0 Å². The number of benzene rings is 1. The maximum atomic E-state index is 5.83. The first-order valence-electron chi connectivity index (χ1n) is 6.80. The van der Waals surface area contributed by atoms with Gasteiger partial charge in [0.15, 0.2) is 11.5 Å². The summed E-state index contributed by atoms with van der Waals surface area (Å²) in [5, 5.41) is 0. The van der Waals surface area contributed by atoms with Gasteiger partial charge in [0.05, 0.1) is 0 Å². The Morgan fingerprint density at radius 2 is 2.00 bits per heavy atom. The summed E-state index contributed by atoms with van der Waals surface area (Å²) >= 11 is 3.63. The van der Waals surface area contributed by atoms with Gasteiger partial charge in [0.25, 0.3) is 0 Å². The highest BCUT2D eigenvalue weighted by Gasteiger charge is 2.24. The maximum Gasteiger partial charge on any atom is 0.162 e. The molecule has 2 N–H and O–H groups in total. The molecule has 0 amide bonds. The van der Waals surface area contributed by atoms with Gasteiger partial charge in [0, 0.05) is 23.6 Å². The molecule has 2 aliphatic rings. The molecule has 1 aromatic rings. The lowest BCUT2D eigenvalue weighted by Crippen LogP contribution is -2.35. The van der Waals surface area contributed by atoms with E-state index in [1.54, 1.807) is 0 Å². The number of hydrogen-bond acceptors (Lipinski definition) is 4. The van der Waals surface area contributed by atoms with Crippen molar-refractivity contribution in [2.75, 3.05) is 26.3 Å². The summed E-state index contributed by atoms with van der Waals surface area (Å²) in [5.74, 6) is 1.69. The van der Waals surface area contributed by atoms with Gasteiger partial charge in [0.1, 0.15) is 13.2 Å². The van der Waals surface area contributed by atoms with Crippen molar-refractivity contribution >= 4 is 15.9 Å². The maximum absolute atomic E-state index is 5.83. The molecule has 1 saturated heterocycles. The van der Waals surface area contributed by atoms with E-state index in [0.717, 1.165) is 35.6 Å². The van der Waals surface area contributed by atoms with E-state index in [9.17, 15) is 0 Å². The van der Waals surface area contributed by atoms with Crippen molar-refractivity contribution in [3.8, 4) is 11.5 Å². The Morgan fingerprint density at radius 1 is 1.26 bits per heavy atom. The molecule has 0 saturated carbocycles. The molecule has 0 spiro atoms. The lowest BCUT2D eigenvalue weighted by Gasteiger charge is -2.25. The lowest BCUT2D eigenvalue weighted by atomic mass is 10.1. The number of nitrogens with two attached hydrogens (primary N) is 1. The summed E-state index contributed by atoms with van der Waals surface area (Å²) in [5.41, 5.74) is 7.07. The molecular formula is C14H19BrN2O2. The third kappa shape index (κ3) is 2.73. The molecule has 4 nitrogen and oxygen atoms in total. The fourth-order valence-corrected chi connectivity index (χ4v) is 3.26. The minimum absolute atomic E-state index is 0.514. The largest absolute Gasteiger partial charge is 0.486 e. The zero-order chi connectivity index (χ0) is 13.2. The Balaban J connectivity index is 1.80. The van der Waals surface area contributed by atoms with Crippen LogP contribution in [0.25, 0.3) is 0 Å². The SMILES string of the molecule is NCC1CCCN1Cc1cc2c(cc1Br)OCCO2. The summed E-state index contributed by atoms with van der Waals surface area (Å²) in [7, 11) is 0. The first-order chi connectivity index (χ1) is 9.28.